The number of methoxy groups -OCH3 is 1. The molecule has 1 N–H and O–H groups in total. The first-order chi connectivity index (χ1) is 7.31. The quantitative estimate of drug-likeness (QED) is 0.892. The van der Waals surface area contributed by atoms with Gasteiger partial charge in [-0.2, -0.15) is 0 Å². The smallest absolute Gasteiger partial charge is 0.123 e. The van der Waals surface area contributed by atoms with Crippen LogP contribution in [0, 0.1) is 0 Å². The zero-order valence-electron chi connectivity index (χ0n) is 8.92. The Morgan fingerprint density at radius 3 is 3.00 bits per heavy atom. The fraction of sp³-hybridized carbons (Fsp3) is 0.500. The zero-order valence-corrected chi connectivity index (χ0v) is 10.5. The molecule has 1 aliphatic heterocycles. The van der Waals surface area contributed by atoms with Crippen LogP contribution >= 0.6 is 15.9 Å². The molecule has 0 spiro atoms. The van der Waals surface area contributed by atoms with E-state index in [0.717, 1.165) is 23.3 Å². The first-order valence-corrected chi connectivity index (χ1v) is 6.14. The number of hydrogen-bond acceptors (Lipinski definition) is 2. The monoisotopic (exact) mass is 269 g/mol. The molecular formula is C12H16BrNO. The van der Waals surface area contributed by atoms with E-state index in [9.17, 15) is 0 Å². The molecule has 3 heteroatoms. The van der Waals surface area contributed by atoms with Crippen LogP contribution in [0.1, 0.15) is 24.3 Å². The van der Waals surface area contributed by atoms with E-state index < -0.39 is 0 Å². The van der Waals surface area contributed by atoms with Crippen LogP contribution in [0.5, 0.6) is 5.75 Å². The summed E-state index contributed by atoms with van der Waals surface area (Å²) in [6.45, 7) is 2.22. The maximum absolute atomic E-state index is 5.42. The number of ether oxygens (including phenoxy) is 1. The molecule has 1 aromatic rings. The Kier molecular flexibility index (Phi) is 3.65. The number of halogens is 1. The number of benzene rings is 1. The van der Waals surface area contributed by atoms with Crippen molar-refractivity contribution in [1.82, 2.24) is 5.32 Å². The first kappa shape index (κ1) is 11.0. The molecule has 0 bridgehead atoms. The molecule has 1 saturated heterocycles. The summed E-state index contributed by atoms with van der Waals surface area (Å²) in [5.41, 5.74) is 1.33. The van der Waals surface area contributed by atoms with Crippen molar-refractivity contribution in [2.75, 3.05) is 20.2 Å². The van der Waals surface area contributed by atoms with E-state index in [1.54, 1.807) is 7.11 Å². The molecule has 0 aromatic heterocycles. The lowest BCUT2D eigenvalue weighted by atomic mass is 9.91. The first-order valence-electron chi connectivity index (χ1n) is 5.35. The highest BCUT2D eigenvalue weighted by molar-refractivity contribution is 9.10. The summed E-state index contributed by atoms with van der Waals surface area (Å²) in [6.07, 6.45) is 2.51. The second kappa shape index (κ2) is 4.99. The molecule has 1 unspecified atom stereocenters. The second-order valence-corrected chi connectivity index (χ2v) is 4.85. The number of piperidine rings is 1. The van der Waals surface area contributed by atoms with Gasteiger partial charge in [0.1, 0.15) is 5.75 Å². The van der Waals surface area contributed by atoms with Crippen molar-refractivity contribution >= 4 is 15.9 Å². The van der Waals surface area contributed by atoms with Crippen LogP contribution in [0.4, 0.5) is 0 Å². The van der Waals surface area contributed by atoms with Crippen LogP contribution in [0.2, 0.25) is 0 Å². The largest absolute Gasteiger partial charge is 0.496 e. The van der Waals surface area contributed by atoms with Gasteiger partial charge in [0.2, 0.25) is 0 Å². The van der Waals surface area contributed by atoms with Crippen molar-refractivity contribution in [3.05, 3.63) is 28.2 Å². The van der Waals surface area contributed by atoms with Crippen molar-refractivity contribution in [2.45, 2.75) is 18.8 Å². The van der Waals surface area contributed by atoms with Gasteiger partial charge in [-0.3, -0.25) is 0 Å². The van der Waals surface area contributed by atoms with Crippen LogP contribution in [0.25, 0.3) is 0 Å². The maximum atomic E-state index is 5.42. The third-order valence-corrected chi connectivity index (χ3v) is 3.43. The van der Waals surface area contributed by atoms with Crippen molar-refractivity contribution < 1.29 is 4.74 Å². The lowest BCUT2D eigenvalue weighted by Gasteiger charge is -2.24. The third kappa shape index (κ3) is 2.52. The van der Waals surface area contributed by atoms with Crippen molar-refractivity contribution in [3.8, 4) is 5.75 Å². The number of hydrogen-bond donors (Lipinski definition) is 1. The predicted molar refractivity (Wildman–Crippen MR) is 65.5 cm³/mol. The summed E-state index contributed by atoms with van der Waals surface area (Å²) >= 11 is 3.47. The van der Waals surface area contributed by atoms with E-state index in [2.05, 4.69) is 33.4 Å². The molecule has 0 radical (unpaired) electrons. The summed E-state index contributed by atoms with van der Waals surface area (Å²) in [5.74, 6) is 1.60. The minimum Gasteiger partial charge on any atom is -0.496 e. The van der Waals surface area contributed by atoms with Gasteiger partial charge in [0, 0.05) is 16.9 Å². The summed E-state index contributed by atoms with van der Waals surface area (Å²) < 4.78 is 6.50. The van der Waals surface area contributed by atoms with Gasteiger partial charge >= 0.3 is 0 Å². The van der Waals surface area contributed by atoms with Gasteiger partial charge in [-0.25, -0.2) is 0 Å². The lowest BCUT2D eigenvalue weighted by molar-refractivity contribution is 0.392. The fourth-order valence-electron chi connectivity index (χ4n) is 2.14. The predicted octanol–water partition coefficient (Wildman–Crippen LogP) is 2.92. The Bertz CT molecular complexity index is 334. The Labute approximate surface area is 99.1 Å². The van der Waals surface area contributed by atoms with E-state index in [0.29, 0.717) is 5.92 Å². The van der Waals surface area contributed by atoms with Gasteiger partial charge in [-0.1, -0.05) is 22.0 Å². The normalized spacial score (nSPS) is 21.3. The molecule has 1 aromatic carbocycles. The molecular weight excluding hydrogens is 254 g/mol. The molecule has 1 heterocycles. The Morgan fingerprint density at radius 2 is 2.33 bits per heavy atom. The summed E-state index contributed by atoms with van der Waals surface area (Å²) in [7, 11) is 1.74. The molecule has 1 fully saturated rings. The van der Waals surface area contributed by atoms with E-state index in [1.807, 2.05) is 6.07 Å². The average Bonchev–Trinajstić information content (AvgIpc) is 2.30. The summed E-state index contributed by atoms with van der Waals surface area (Å²) in [4.78, 5) is 0. The minimum atomic E-state index is 0.599. The van der Waals surface area contributed by atoms with Crippen LogP contribution in [-0.2, 0) is 0 Å². The van der Waals surface area contributed by atoms with E-state index in [-0.39, 0.29) is 0 Å². The van der Waals surface area contributed by atoms with Crippen molar-refractivity contribution in [1.29, 1.82) is 0 Å². The van der Waals surface area contributed by atoms with Gasteiger partial charge in [0.15, 0.2) is 0 Å². The average molecular weight is 270 g/mol. The van der Waals surface area contributed by atoms with Crippen molar-refractivity contribution in [3.63, 3.8) is 0 Å². The molecule has 15 heavy (non-hydrogen) atoms. The minimum absolute atomic E-state index is 0.599. The topological polar surface area (TPSA) is 21.3 Å². The van der Waals surface area contributed by atoms with Gasteiger partial charge in [0.25, 0.3) is 0 Å². The highest BCUT2D eigenvalue weighted by Gasteiger charge is 2.18. The Balaban J connectivity index is 2.25. The van der Waals surface area contributed by atoms with Gasteiger partial charge in [-0.05, 0) is 37.1 Å². The molecule has 82 valence electrons. The number of nitrogens with one attached hydrogen (secondary N) is 1. The van der Waals surface area contributed by atoms with Crippen LogP contribution in [0.3, 0.4) is 0 Å². The van der Waals surface area contributed by atoms with Crippen LogP contribution in [-0.4, -0.2) is 20.2 Å². The second-order valence-electron chi connectivity index (χ2n) is 3.93. The fourth-order valence-corrected chi connectivity index (χ4v) is 2.48. The zero-order chi connectivity index (χ0) is 10.7. The van der Waals surface area contributed by atoms with Crippen molar-refractivity contribution in [2.24, 2.45) is 0 Å². The van der Waals surface area contributed by atoms with Crippen LogP contribution < -0.4 is 10.1 Å². The Morgan fingerprint density at radius 1 is 1.47 bits per heavy atom. The van der Waals surface area contributed by atoms with Gasteiger partial charge in [-0.15, -0.1) is 0 Å². The standard InChI is InChI=1S/C12H16BrNO/c1-15-12-7-10(13)4-5-11(12)9-3-2-6-14-8-9/h4-5,7,9,14H,2-3,6,8H2,1H3. The molecule has 0 saturated carbocycles. The SMILES string of the molecule is COc1cc(Br)ccc1C1CCCNC1. The molecule has 2 rings (SSSR count). The van der Waals surface area contributed by atoms with E-state index in [1.165, 1.54) is 18.4 Å². The van der Waals surface area contributed by atoms with E-state index >= 15 is 0 Å². The van der Waals surface area contributed by atoms with Crippen LogP contribution in [0.15, 0.2) is 22.7 Å². The highest BCUT2D eigenvalue weighted by atomic mass is 79.9. The highest BCUT2D eigenvalue weighted by Crippen LogP contribution is 2.32. The Hall–Kier alpha value is -0.540. The maximum Gasteiger partial charge on any atom is 0.123 e. The molecule has 2 nitrogen and oxygen atoms in total. The molecule has 0 amide bonds. The summed E-state index contributed by atoms with van der Waals surface area (Å²) in [6, 6.07) is 6.30. The molecule has 0 aliphatic carbocycles. The number of rotatable bonds is 2. The van der Waals surface area contributed by atoms with Gasteiger partial charge in [0.05, 0.1) is 7.11 Å². The van der Waals surface area contributed by atoms with E-state index in [4.69, 9.17) is 4.74 Å². The lowest BCUT2D eigenvalue weighted by Crippen LogP contribution is -2.28. The molecule has 1 aliphatic rings. The van der Waals surface area contributed by atoms with Gasteiger partial charge < -0.3 is 10.1 Å². The third-order valence-electron chi connectivity index (χ3n) is 2.93. The molecule has 1 atom stereocenters. The summed E-state index contributed by atoms with van der Waals surface area (Å²) in [5, 5.41) is 3.43.